The molecule has 0 atom stereocenters. The van der Waals surface area contributed by atoms with Crippen molar-refractivity contribution in [2.75, 3.05) is 6.54 Å². The number of aromatic nitrogens is 1. The number of pyridine rings is 1. The highest BCUT2D eigenvalue weighted by atomic mass is 16.1. The van der Waals surface area contributed by atoms with Crippen molar-refractivity contribution in [3.8, 4) is 0 Å². The average molecular weight is 208 g/mol. The first-order valence-electron chi connectivity index (χ1n) is 5.01. The molecule has 0 aliphatic carbocycles. The van der Waals surface area contributed by atoms with Crippen molar-refractivity contribution in [1.29, 1.82) is 0 Å². The van der Waals surface area contributed by atoms with E-state index in [-0.39, 0.29) is 11.5 Å². The molecule has 0 bridgehead atoms. The molecule has 0 saturated carbocycles. The van der Waals surface area contributed by atoms with Crippen molar-refractivity contribution in [3.63, 3.8) is 0 Å². The first kappa shape index (κ1) is 11.5. The molecular formula is C11H16N2O2. The van der Waals surface area contributed by atoms with Crippen LogP contribution in [0.5, 0.6) is 0 Å². The van der Waals surface area contributed by atoms with Gasteiger partial charge in [0, 0.05) is 32.3 Å². The molecule has 1 heterocycles. The van der Waals surface area contributed by atoms with Gasteiger partial charge in [0.25, 0.3) is 5.56 Å². The first-order chi connectivity index (χ1) is 7.09. The maximum atomic E-state index is 11.4. The number of hydrogen-bond donors (Lipinski definition) is 1. The van der Waals surface area contributed by atoms with Crippen molar-refractivity contribution in [3.05, 3.63) is 34.2 Å². The van der Waals surface area contributed by atoms with Crippen molar-refractivity contribution in [2.24, 2.45) is 0 Å². The lowest BCUT2D eigenvalue weighted by atomic mass is 10.3. The summed E-state index contributed by atoms with van der Waals surface area (Å²) >= 11 is 0. The Kier molecular flexibility index (Phi) is 4.09. The summed E-state index contributed by atoms with van der Waals surface area (Å²) in [6.45, 7) is 4.62. The minimum atomic E-state index is -0.0359. The zero-order valence-corrected chi connectivity index (χ0v) is 9.12. The Hall–Kier alpha value is -1.58. The minimum Gasteiger partial charge on any atom is -0.356 e. The van der Waals surface area contributed by atoms with E-state index in [1.807, 2.05) is 13.0 Å². The van der Waals surface area contributed by atoms with E-state index >= 15 is 0 Å². The van der Waals surface area contributed by atoms with Crippen LogP contribution in [0.25, 0.3) is 0 Å². The molecule has 0 unspecified atom stereocenters. The monoisotopic (exact) mass is 208 g/mol. The molecule has 1 rings (SSSR count). The number of rotatable bonds is 4. The Bertz CT molecular complexity index is 396. The third kappa shape index (κ3) is 3.97. The third-order valence-electron chi connectivity index (χ3n) is 2.10. The molecule has 0 aliphatic rings. The Labute approximate surface area is 88.9 Å². The fourth-order valence-corrected chi connectivity index (χ4v) is 1.31. The first-order valence-corrected chi connectivity index (χ1v) is 5.01. The summed E-state index contributed by atoms with van der Waals surface area (Å²) in [5.41, 5.74) is 0.982. The van der Waals surface area contributed by atoms with E-state index in [1.165, 1.54) is 6.92 Å². The number of nitrogens with zero attached hydrogens (tertiary/aromatic N) is 1. The molecule has 1 aromatic heterocycles. The lowest BCUT2D eigenvalue weighted by molar-refractivity contribution is -0.118. The van der Waals surface area contributed by atoms with Crippen LogP contribution in [0.2, 0.25) is 0 Å². The van der Waals surface area contributed by atoms with Gasteiger partial charge >= 0.3 is 0 Å². The van der Waals surface area contributed by atoms with Crippen LogP contribution in [0.15, 0.2) is 23.1 Å². The van der Waals surface area contributed by atoms with E-state index in [9.17, 15) is 9.59 Å². The molecule has 0 aliphatic heterocycles. The molecule has 0 fully saturated rings. The van der Waals surface area contributed by atoms with Crippen molar-refractivity contribution in [1.82, 2.24) is 9.88 Å². The zero-order chi connectivity index (χ0) is 11.3. The smallest absolute Gasteiger partial charge is 0.250 e. The predicted molar refractivity (Wildman–Crippen MR) is 58.7 cm³/mol. The van der Waals surface area contributed by atoms with Gasteiger partial charge in [-0.05, 0) is 25.0 Å². The van der Waals surface area contributed by atoms with Crippen molar-refractivity contribution >= 4 is 5.91 Å². The van der Waals surface area contributed by atoms with E-state index in [2.05, 4.69) is 5.32 Å². The van der Waals surface area contributed by atoms with E-state index in [1.54, 1.807) is 16.8 Å². The Morgan fingerprint density at radius 3 is 2.87 bits per heavy atom. The Balaban J connectivity index is 2.44. The van der Waals surface area contributed by atoms with Gasteiger partial charge < -0.3 is 9.88 Å². The average Bonchev–Trinajstić information content (AvgIpc) is 2.14. The quantitative estimate of drug-likeness (QED) is 0.740. The number of hydrogen-bond acceptors (Lipinski definition) is 2. The number of amides is 1. The minimum absolute atomic E-state index is 0.0119. The molecule has 1 aromatic rings. The summed E-state index contributed by atoms with van der Waals surface area (Å²) in [5.74, 6) is -0.0359. The SMILES string of the molecule is CC(=O)NCCCn1ccc(C)cc1=O. The Morgan fingerprint density at radius 1 is 1.53 bits per heavy atom. The van der Waals surface area contributed by atoms with E-state index in [4.69, 9.17) is 0 Å². The van der Waals surface area contributed by atoms with Gasteiger partial charge in [-0.1, -0.05) is 0 Å². The van der Waals surface area contributed by atoms with E-state index < -0.39 is 0 Å². The maximum absolute atomic E-state index is 11.4. The van der Waals surface area contributed by atoms with Gasteiger partial charge in [-0.25, -0.2) is 0 Å². The third-order valence-corrected chi connectivity index (χ3v) is 2.10. The van der Waals surface area contributed by atoms with Gasteiger partial charge in [-0.15, -0.1) is 0 Å². The van der Waals surface area contributed by atoms with Gasteiger partial charge in [-0.3, -0.25) is 9.59 Å². The fourth-order valence-electron chi connectivity index (χ4n) is 1.31. The second kappa shape index (κ2) is 5.34. The molecule has 1 amide bonds. The Morgan fingerprint density at radius 2 is 2.27 bits per heavy atom. The van der Waals surface area contributed by atoms with Crippen LogP contribution in [-0.2, 0) is 11.3 Å². The summed E-state index contributed by atoms with van der Waals surface area (Å²) < 4.78 is 1.65. The van der Waals surface area contributed by atoms with Crippen LogP contribution >= 0.6 is 0 Å². The molecule has 4 nitrogen and oxygen atoms in total. The van der Waals surface area contributed by atoms with Gasteiger partial charge in [0.05, 0.1) is 0 Å². The highest BCUT2D eigenvalue weighted by Gasteiger charge is 1.96. The highest BCUT2D eigenvalue weighted by Crippen LogP contribution is 1.92. The molecule has 0 saturated heterocycles. The summed E-state index contributed by atoms with van der Waals surface area (Å²) in [6, 6.07) is 3.51. The predicted octanol–water partition coefficient (Wildman–Crippen LogP) is 0.683. The number of nitrogens with one attached hydrogen (secondary N) is 1. The molecule has 0 spiro atoms. The van der Waals surface area contributed by atoms with Crippen LogP contribution < -0.4 is 10.9 Å². The molecule has 82 valence electrons. The van der Waals surface area contributed by atoms with Crippen LogP contribution in [0, 0.1) is 6.92 Å². The topological polar surface area (TPSA) is 51.1 Å². The lowest BCUT2D eigenvalue weighted by Crippen LogP contribution is -2.24. The van der Waals surface area contributed by atoms with Gasteiger partial charge in [0.2, 0.25) is 5.91 Å². The van der Waals surface area contributed by atoms with E-state index in [0.29, 0.717) is 13.1 Å². The standard InChI is InChI=1S/C11H16N2O2/c1-9-4-7-13(11(15)8-9)6-3-5-12-10(2)14/h4,7-8H,3,5-6H2,1-2H3,(H,12,14). The van der Waals surface area contributed by atoms with Crippen LogP contribution in [0.3, 0.4) is 0 Å². The van der Waals surface area contributed by atoms with Crippen LogP contribution in [-0.4, -0.2) is 17.0 Å². The second-order valence-corrected chi connectivity index (χ2v) is 3.57. The molecule has 0 radical (unpaired) electrons. The molecule has 1 N–H and O–H groups in total. The lowest BCUT2D eigenvalue weighted by Gasteiger charge is -2.05. The van der Waals surface area contributed by atoms with Crippen LogP contribution in [0.1, 0.15) is 18.9 Å². The highest BCUT2D eigenvalue weighted by molar-refractivity contribution is 5.72. The molecule has 15 heavy (non-hydrogen) atoms. The number of carbonyl (C=O) groups excluding carboxylic acids is 1. The maximum Gasteiger partial charge on any atom is 0.250 e. The molecular weight excluding hydrogens is 192 g/mol. The van der Waals surface area contributed by atoms with Gasteiger partial charge in [0.1, 0.15) is 0 Å². The summed E-state index contributed by atoms with van der Waals surface area (Å²) in [7, 11) is 0. The zero-order valence-electron chi connectivity index (χ0n) is 9.12. The normalized spacial score (nSPS) is 10.0. The largest absolute Gasteiger partial charge is 0.356 e. The fraction of sp³-hybridized carbons (Fsp3) is 0.455. The summed E-state index contributed by atoms with van der Waals surface area (Å²) in [4.78, 5) is 22.0. The summed E-state index contributed by atoms with van der Waals surface area (Å²) in [6.07, 6.45) is 2.55. The van der Waals surface area contributed by atoms with Gasteiger partial charge in [0.15, 0.2) is 0 Å². The molecule has 0 aromatic carbocycles. The second-order valence-electron chi connectivity index (χ2n) is 3.57. The van der Waals surface area contributed by atoms with Crippen molar-refractivity contribution < 1.29 is 4.79 Å². The molecule has 4 heteroatoms. The number of carbonyl (C=O) groups is 1. The van der Waals surface area contributed by atoms with Gasteiger partial charge in [-0.2, -0.15) is 0 Å². The van der Waals surface area contributed by atoms with Crippen molar-refractivity contribution in [2.45, 2.75) is 26.8 Å². The summed E-state index contributed by atoms with van der Waals surface area (Å²) in [5, 5.41) is 2.69. The van der Waals surface area contributed by atoms with Crippen LogP contribution in [0.4, 0.5) is 0 Å². The number of aryl methyl sites for hydroxylation is 2. The van der Waals surface area contributed by atoms with E-state index in [0.717, 1.165) is 12.0 Å².